The molecule has 0 radical (unpaired) electrons. The van der Waals surface area contributed by atoms with Crippen LogP contribution in [-0.4, -0.2) is 42.9 Å². The summed E-state index contributed by atoms with van der Waals surface area (Å²) in [6.45, 7) is 5.60. The Kier molecular flexibility index (Phi) is 7.19. The highest BCUT2D eigenvalue weighted by Gasteiger charge is 2.22. The third kappa shape index (κ3) is 5.34. The van der Waals surface area contributed by atoms with Crippen molar-refractivity contribution in [1.29, 1.82) is 0 Å². The number of ketones is 1. The van der Waals surface area contributed by atoms with Gasteiger partial charge in [-0.2, -0.15) is 0 Å². The van der Waals surface area contributed by atoms with Crippen molar-refractivity contribution >= 4 is 28.2 Å². The number of morpholine rings is 1. The molecule has 0 N–H and O–H groups in total. The first-order valence-corrected chi connectivity index (χ1v) is 12.4. The van der Waals surface area contributed by atoms with Gasteiger partial charge in [0.2, 0.25) is 5.91 Å². The molecule has 4 aromatic rings. The van der Waals surface area contributed by atoms with Gasteiger partial charge in [0.05, 0.1) is 13.2 Å². The van der Waals surface area contributed by atoms with Gasteiger partial charge in [0, 0.05) is 31.5 Å². The zero-order valence-electron chi connectivity index (χ0n) is 21.0. The highest BCUT2D eigenvalue weighted by molar-refractivity contribution is 6.03. The van der Waals surface area contributed by atoms with Crippen LogP contribution in [0.15, 0.2) is 89.4 Å². The zero-order valence-corrected chi connectivity index (χ0v) is 21.0. The Balaban J connectivity index is 1.56. The molecule has 1 saturated heterocycles. The van der Waals surface area contributed by atoms with Crippen molar-refractivity contribution in [3.05, 3.63) is 107 Å². The third-order valence-electron chi connectivity index (χ3n) is 6.53. The van der Waals surface area contributed by atoms with E-state index < -0.39 is 0 Å². The van der Waals surface area contributed by atoms with E-state index >= 15 is 0 Å². The number of allylic oxidation sites excluding steroid dienone is 1. The van der Waals surface area contributed by atoms with E-state index in [1.807, 2.05) is 79.7 Å². The van der Waals surface area contributed by atoms with Crippen molar-refractivity contribution in [3.8, 4) is 5.75 Å². The Bertz CT molecular complexity index is 1390. The van der Waals surface area contributed by atoms with E-state index in [4.69, 9.17) is 13.9 Å². The van der Waals surface area contributed by atoms with Gasteiger partial charge in [-0.15, -0.1) is 0 Å². The number of Topliss-reactive ketones (excluding diaryl/α,β-unsaturated/α-hetero) is 1. The van der Waals surface area contributed by atoms with Gasteiger partial charge in [-0.1, -0.05) is 66.7 Å². The lowest BCUT2D eigenvalue weighted by molar-refractivity contribution is -0.129. The molecule has 1 aliphatic rings. The molecule has 1 aromatic heterocycles. The van der Waals surface area contributed by atoms with Crippen molar-refractivity contribution in [2.75, 3.05) is 26.3 Å². The van der Waals surface area contributed by atoms with Crippen LogP contribution in [0, 0.1) is 0 Å². The fourth-order valence-corrected chi connectivity index (χ4v) is 4.56. The summed E-state index contributed by atoms with van der Waals surface area (Å²) in [7, 11) is 0. The molecule has 1 aliphatic heterocycles. The highest BCUT2D eigenvalue weighted by Crippen LogP contribution is 2.38. The van der Waals surface area contributed by atoms with Crippen molar-refractivity contribution < 1.29 is 23.5 Å². The van der Waals surface area contributed by atoms with Crippen molar-refractivity contribution in [1.82, 2.24) is 4.90 Å². The van der Waals surface area contributed by atoms with Crippen LogP contribution >= 0.6 is 0 Å². The quantitative estimate of drug-likeness (QED) is 0.230. The van der Waals surface area contributed by atoms with Crippen LogP contribution in [0.25, 0.3) is 16.5 Å². The third-order valence-corrected chi connectivity index (χ3v) is 6.53. The minimum absolute atomic E-state index is 0.0576. The average Bonchev–Trinajstić information content (AvgIpc) is 3.39. The SMILES string of the molecule is CC(=O)c1cc2c(/C(C)=C\C(=O)N3CCOCC3)ccc(OC(c3ccccc3)c3ccccc3)c2o1. The number of hydrogen-bond acceptors (Lipinski definition) is 5. The molecule has 1 fully saturated rings. The van der Waals surface area contributed by atoms with Gasteiger partial charge in [0.25, 0.3) is 0 Å². The Morgan fingerprint density at radius 3 is 2.11 bits per heavy atom. The Morgan fingerprint density at radius 1 is 0.892 bits per heavy atom. The number of fused-ring (bicyclic) bond motifs is 1. The number of ether oxygens (including phenoxy) is 2. The van der Waals surface area contributed by atoms with E-state index in [0.717, 1.165) is 27.6 Å². The molecule has 5 rings (SSSR count). The molecule has 0 atom stereocenters. The Hall–Kier alpha value is -4.16. The summed E-state index contributed by atoms with van der Waals surface area (Å²) in [5.74, 6) is 0.534. The average molecular weight is 496 g/mol. The summed E-state index contributed by atoms with van der Waals surface area (Å²) >= 11 is 0. The van der Waals surface area contributed by atoms with E-state index in [2.05, 4.69) is 0 Å². The Labute approximate surface area is 216 Å². The number of nitrogens with zero attached hydrogens (tertiary/aromatic N) is 1. The molecule has 0 spiro atoms. The molecule has 2 heterocycles. The number of amides is 1. The van der Waals surface area contributed by atoms with Crippen LogP contribution in [0.3, 0.4) is 0 Å². The fourth-order valence-electron chi connectivity index (χ4n) is 4.56. The highest BCUT2D eigenvalue weighted by atomic mass is 16.5. The molecule has 188 valence electrons. The maximum atomic E-state index is 12.8. The predicted octanol–water partition coefficient (Wildman–Crippen LogP) is 6.07. The van der Waals surface area contributed by atoms with Gasteiger partial charge in [-0.25, -0.2) is 0 Å². The molecule has 0 aliphatic carbocycles. The minimum Gasteiger partial charge on any atom is -0.477 e. The van der Waals surface area contributed by atoms with Crippen molar-refractivity contribution in [2.24, 2.45) is 0 Å². The van der Waals surface area contributed by atoms with Crippen molar-refractivity contribution in [3.63, 3.8) is 0 Å². The lowest BCUT2D eigenvalue weighted by Gasteiger charge is -2.26. The first kappa shape index (κ1) is 24.5. The van der Waals surface area contributed by atoms with Crippen LogP contribution in [0.4, 0.5) is 0 Å². The van der Waals surface area contributed by atoms with Gasteiger partial charge in [0.15, 0.2) is 22.9 Å². The number of benzene rings is 3. The van der Waals surface area contributed by atoms with Gasteiger partial charge < -0.3 is 18.8 Å². The van der Waals surface area contributed by atoms with Gasteiger partial charge >= 0.3 is 0 Å². The molecule has 0 unspecified atom stereocenters. The molecular weight excluding hydrogens is 466 g/mol. The van der Waals surface area contributed by atoms with Gasteiger partial charge in [0.1, 0.15) is 6.10 Å². The lowest BCUT2D eigenvalue weighted by Crippen LogP contribution is -2.39. The molecule has 0 saturated carbocycles. The molecule has 0 bridgehead atoms. The van der Waals surface area contributed by atoms with Crippen LogP contribution in [-0.2, 0) is 9.53 Å². The van der Waals surface area contributed by atoms with E-state index in [-0.39, 0.29) is 23.6 Å². The second-order valence-corrected chi connectivity index (χ2v) is 9.11. The zero-order chi connectivity index (χ0) is 25.8. The molecule has 37 heavy (non-hydrogen) atoms. The summed E-state index contributed by atoms with van der Waals surface area (Å²) < 4.78 is 18.0. The minimum atomic E-state index is -0.373. The summed E-state index contributed by atoms with van der Waals surface area (Å²) in [6.07, 6.45) is 1.26. The van der Waals surface area contributed by atoms with Gasteiger partial charge in [-0.3, -0.25) is 9.59 Å². The maximum absolute atomic E-state index is 12.8. The van der Waals surface area contributed by atoms with Crippen LogP contribution in [0.2, 0.25) is 0 Å². The van der Waals surface area contributed by atoms with Crippen LogP contribution in [0.1, 0.15) is 47.2 Å². The molecular formula is C31H29NO5. The topological polar surface area (TPSA) is 69.0 Å². The van der Waals surface area contributed by atoms with Gasteiger partial charge in [-0.05, 0) is 41.3 Å². The van der Waals surface area contributed by atoms with Crippen LogP contribution < -0.4 is 4.74 Å². The normalized spacial score (nSPS) is 14.2. The van der Waals surface area contributed by atoms with Crippen LogP contribution in [0.5, 0.6) is 5.75 Å². The molecule has 6 heteroatoms. The van der Waals surface area contributed by atoms with Crippen molar-refractivity contribution in [2.45, 2.75) is 20.0 Å². The monoisotopic (exact) mass is 495 g/mol. The second-order valence-electron chi connectivity index (χ2n) is 9.11. The predicted molar refractivity (Wildman–Crippen MR) is 143 cm³/mol. The van der Waals surface area contributed by atoms with E-state index in [1.54, 1.807) is 17.0 Å². The smallest absolute Gasteiger partial charge is 0.246 e. The van der Waals surface area contributed by atoms with E-state index in [1.165, 1.54) is 6.92 Å². The van der Waals surface area contributed by atoms with E-state index in [9.17, 15) is 9.59 Å². The number of carbonyl (C=O) groups excluding carboxylic acids is 2. The lowest BCUT2D eigenvalue weighted by atomic mass is 10.00. The number of rotatable bonds is 7. The second kappa shape index (κ2) is 10.8. The molecule has 6 nitrogen and oxygen atoms in total. The largest absolute Gasteiger partial charge is 0.477 e. The summed E-state index contributed by atoms with van der Waals surface area (Å²) in [6, 6.07) is 25.5. The fraction of sp³-hybridized carbons (Fsp3) is 0.226. The number of carbonyl (C=O) groups is 2. The summed E-state index contributed by atoms with van der Waals surface area (Å²) in [5.41, 5.74) is 4.07. The maximum Gasteiger partial charge on any atom is 0.246 e. The first-order chi connectivity index (χ1) is 18.0. The number of furan rings is 1. The first-order valence-electron chi connectivity index (χ1n) is 12.4. The molecule has 3 aromatic carbocycles. The number of hydrogen-bond donors (Lipinski definition) is 0. The summed E-state index contributed by atoms with van der Waals surface area (Å²) in [5, 5.41) is 0.728. The standard InChI is InChI=1S/C31H29NO5/c1-21(19-29(34)32-15-17-35-18-16-32)25-13-14-27(31-26(25)20-28(37-31)22(2)33)36-30(23-9-5-3-6-10-23)24-11-7-4-8-12-24/h3-14,19-20,30H,15-18H2,1-2H3/b21-19-. The molecule has 1 amide bonds. The Morgan fingerprint density at radius 2 is 1.51 bits per heavy atom. The summed E-state index contributed by atoms with van der Waals surface area (Å²) in [4.78, 5) is 26.9. The van der Waals surface area contributed by atoms with E-state index in [0.29, 0.717) is 37.6 Å².